The lowest BCUT2D eigenvalue weighted by molar-refractivity contribution is -0.133. The first-order valence-corrected chi connectivity index (χ1v) is 8.46. The molecule has 1 aliphatic heterocycles. The molecule has 0 aliphatic carbocycles. The first kappa shape index (κ1) is 25.5. The predicted molar refractivity (Wildman–Crippen MR) is 117 cm³/mol. The lowest BCUT2D eigenvalue weighted by Crippen LogP contribution is -2.48. The van der Waals surface area contributed by atoms with E-state index in [1.807, 2.05) is 53.6 Å². The largest absolute Gasteiger partial charge is 0.399 e. The summed E-state index contributed by atoms with van der Waals surface area (Å²) >= 11 is 0. The minimum atomic E-state index is 0. The van der Waals surface area contributed by atoms with E-state index in [4.69, 9.17) is 5.73 Å². The third-order valence-electron chi connectivity index (χ3n) is 4.50. The molecule has 150 valence electrons. The van der Waals surface area contributed by atoms with E-state index < -0.39 is 0 Å². The molecule has 1 aliphatic rings. The summed E-state index contributed by atoms with van der Waals surface area (Å²) in [7, 11) is 0. The maximum atomic E-state index is 12.4. The monoisotopic (exact) mass is 432 g/mol. The van der Waals surface area contributed by atoms with E-state index in [1.165, 1.54) is 0 Å². The number of amides is 1. The van der Waals surface area contributed by atoms with E-state index in [2.05, 4.69) is 9.88 Å². The van der Waals surface area contributed by atoms with Gasteiger partial charge in [-0.05, 0) is 30.2 Å². The maximum absolute atomic E-state index is 12.4. The Morgan fingerprint density at radius 3 is 2.26 bits per heavy atom. The van der Waals surface area contributed by atoms with Crippen LogP contribution in [0.3, 0.4) is 0 Å². The Bertz CT molecular complexity index is 680. The van der Waals surface area contributed by atoms with Gasteiger partial charge in [0.25, 0.3) is 0 Å². The summed E-state index contributed by atoms with van der Waals surface area (Å²) in [6.07, 6.45) is 3.05. The fourth-order valence-electron chi connectivity index (χ4n) is 3.04. The standard InChI is InChI=1S/C19H24N4O.3ClH/c20-18-7-2-1-5-16(18)8-9-19(24)23-13-11-22(12-14-23)15-17-6-3-4-10-21-17;;;/h1-7,10H,8-9,11-15,20H2;3*1H. The van der Waals surface area contributed by atoms with E-state index in [-0.39, 0.29) is 43.1 Å². The van der Waals surface area contributed by atoms with Gasteiger partial charge < -0.3 is 10.6 Å². The third kappa shape index (κ3) is 7.54. The molecule has 1 fully saturated rings. The summed E-state index contributed by atoms with van der Waals surface area (Å²) in [6, 6.07) is 13.7. The Morgan fingerprint density at radius 1 is 0.963 bits per heavy atom. The predicted octanol–water partition coefficient (Wildman–Crippen LogP) is 3.21. The van der Waals surface area contributed by atoms with Crippen molar-refractivity contribution in [3.63, 3.8) is 0 Å². The third-order valence-corrected chi connectivity index (χ3v) is 4.50. The molecule has 3 rings (SSSR count). The molecule has 0 radical (unpaired) electrons. The topological polar surface area (TPSA) is 62.5 Å². The van der Waals surface area contributed by atoms with E-state index in [1.54, 1.807) is 0 Å². The Kier molecular flexibility index (Phi) is 12.1. The second kappa shape index (κ2) is 12.8. The molecule has 0 spiro atoms. The quantitative estimate of drug-likeness (QED) is 0.736. The normalized spacial score (nSPS) is 13.7. The van der Waals surface area contributed by atoms with Crippen LogP contribution in [0.25, 0.3) is 0 Å². The van der Waals surface area contributed by atoms with Gasteiger partial charge in [0, 0.05) is 51.0 Å². The van der Waals surface area contributed by atoms with Crippen LogP contribution in [-0.2, 0) is 17.8 Å². The molecule has 8 heteroatoms. The zero-order valence-electron chi connectivity index (χ0n) is 15.1. The lowest BCUT2D eigenvalue weighted by atomic mass is 10.1. The smallest absolute Gasteiger partial charge is 0.222 e. The molecule has 2 heterocycles. The van der Waals surface area contributed by atoms with Crippen LogP contribution in [0, 0.1) is 0 Å². The minimum Gasteiger partial charge on any atom is -0.399 e. The summed E-state index contributed by atoms with van der Waals surface area (Å²) in [4.78, 5) is 21.1. The number of rotatable bonds is 5. The van der Waals surface area contributed by atoms with Gasteiger partial charge in [-0.15, -0.1) is 37.2 Å². The van der Waals surface area contributed by atoms with Crippen LogP contribution in [0.15, 0.2) is 48.7 Å². The number of carbonyl (C=O) groups excluding carboxylic acids is 1. The van der Waals surface area contributed by atoms with Gasteiger partial charge in [0.1, 0.15) is 0 Å². The van der Waals surface area contributed by atoms with Gasteiger partial charge >= 0.3 is 0 Å². The molecular weight excluding hydrogens is 407 g/mol. The van der Waals surface area contributed by atoms with E-state index in [0.717, 1.165) is 49.7 Å². The number of aromatic nitrogens is 1. The first-order chi connectivity index (χ1) is 11.7. The molecule has 0 bridgehead atoms. The number of hydrogen-bond acceptors (Lipinski definition) is 4. The molecule has 2 aromatic rings. The number of piperazine rings is 1. The molecule has 0 atom stereocenters. The number of nitrogens with two attached hydrogens (primary N) is 1. The number of nitrogens with zero attached hydrogens (tertiary/aromatic N) is 3. The van der Waals surface area contributed by atoms with Crippen molar-refractivity contribution < 1.29 is 4.79 Å². The summed E-state index contributed by atoms with van der Waals surface area (Å²) in [6.45, 7) is 4.22. The van der Waals surface area contributed by atoms with E-state index in [9.17, 15) is 4.79 Å². The molecule has 5 nitrogen and oxygen atoms in total. The number of anilines is 1. The van der Waals surface area contributed by atoms with Crippen LogP contribution in [0.2, 0.25) is 0 Å². The van der Waals surface area contributed by atoms with Crippen molar-refractivity contribution >= 4 is 48.8 Å². The van der Waals surface area contributed by atoms with Crippen molar-refractivity contribution in [1.82, 2.24) is 14.8 Å². The highest BCUT2D eigenvalue weighted by molar-refractivity contribution is 5.86. The Balaban J connectivity index is 0.00000225. The maximum Gasteiger partial charge on any atom is 0.222 e. The number of aryl methyl sites for hydroxylation is 1. The molecule has 0 saturated carbocycles. The number of benzene rings is 1. The van der Waals surface area contributed by atoms with Gasteiger partial charge in [-0.2, -0.15) is 0 Å². The zero-order chi connectivity index (χ0) is 16.8. The summed E-state index contributed by atoms with van der Waals surface area (Å²) < 4.78 is 0. The average Bonchev–Trinajstić information content (AvgIpc) is 2.62. The molecule has 1 aromatic carbocycles. The fraction of sp³-hybridized carbons (Fsp3) is 0.368. The zero-order valence-corrected chi connectivity index (χ0v) is 17.6. The van der Waals surface area contributed by atoms with Gasteiger partial charge in [0.05, 0.1) is 5.69 Å². The number of pyridine rings is 1. The van der Waals surface area contributed by atoms with Gasteiger partial charge in [0.15, 0.2) is 0 Å². The van der Waals surface area contributed by atoms with Crippen molar-refractivity contribution in [3.05, 3.63) is 59.9 Å². The van der Waals surface area contributed by atoms with Crippen LogP contribution in [0.1, 0.15) is 17.7 Å². The molecular formula is C19H27Cl3N4O. The summed E-state index contributed by atoms with van der Waals surface area (Å²) in [5, 5.41) is 0. The van der Waals surface area contributed by atoms with Crippen molar-refractivity contribution in [2.75, 3.05) is 31.9 Å². The van der Waals surface area contributed by atoms with Crippen LogP contribution < -0.4 is 5.73 Å². The van der Waals surface area contributed by atoms with E-state index in [0.29, 0.717) is 12.8 Å². The van der Waals surface area contributed by atoms with Gasteiger partial charge in [-0.25, -0.2) is 0 Å². The number of carbonyl (C=O) groups is 1. The molecule has 1 saturated heterocycles. The molecule has 2 N–H and O–H groups in total. The Morgan fingerprint density at radius 2 is 1.63 bits per heavy atom. The highest BCUT2D eigenvalue weighted by Gasteiger charge is 2.21. The van der Waals surface area contributed by atoms with Crippen LogP contribution in [0.4, 0.5) is 5.69 Å². The second-order valence-corrected chi connectivity index (χ2v) is 6.18. The molecule has 27 heavy (non-hydrogen) atoms. The van der Waals surface area contributed by atoms with Crippen molar-refractivity contribution in [1.29, 1.82) is 0 Å². The molecule has 1 aromatic heterocycles. The SMILES string of the molecule is Cl.Cl.Cl.Nc1ccccc1CCC(=O)N1CCN(Cc2ccccn2)CC1. The van der Waals surface area contributed by atoms with Gasteiger partial charge in [0.2, 0.25) is 5.91 Å². The lowest BCUT2D eigenvalue weighted by Gasteiger charge is -2.34. The number of halogens is 3. The first-order valence-electron chi connectivity index (χ1n) is 8.46. The van der Waals surface area contributed by atoms with Crippen molar-refractivity contribution in [2.24, 2.45) is 0 Å². The number of nitrogen functional groups attached to an aromatic ring is 1. The second-order valence-electron chi connectivity index (χ2n) is 6.18. The van der Waals surface area contributed by atoms with E-state index >= 15 is 0 Å². The van der Waals surface area contributed by atoms with Crippen LogP contribution >= 0.6 is 37.2 Å². The van der Waals surface area contributed by atoms with Crippen molar-refractivity contribution in [3.8, 4) is 0 Å². The molecule has 0 unspecified atom stereocenters. The minimum absolute atomic E-state index is 0. The number of para-hydroxylation sites is 1. The Labute approximate surface area is 179 Å². The Hall–Kier alpha value is -1.53. The average molecular weight is 434 g/mol. The van der Waals surface area contributed by atoms with Gasteiger partial charge in [-0.3, -0.25) is 14.7 Å². The van der Waals surface area contributed by atoms with Crippen LogP contribution in [-0.4, -0.2) is 46.9 Å². The highest BCUT2D eigenvalue weighted by Crippen LogP contribution is 2.14. The molecule has 1 amide bonds. The summed E-state index contributed by atoms with van der Waals surface area (Å²) in [5.41, 5.74) is 8.84. The van der Waals surface area contributed by atoms with Crippen molar-refractivity contribution in [2.45, 2.75) is 19.4 Å². The highest BCUT2D eigenvalue weighted by atomic mass is 35.5. The number of hydrogen-bond donors (Lipinski definition) is 1. The summed E-state index contributed by atoms with van der Waals surface area (Å²) in [5.74, 6) is 0.218. The van der Waals surface area contributed by atoms with Gasteiger partial charge in [-0.1, -0.05) is 24.3 Å². The van der Waals surface area contributed by atoms with Crippen LogP contribution in [0.5, 0.6) is 0 Å². The fourth-order valence-corrected chi connectivity index (χ4v) is 3.04.